The zero-order chi connectivity index (χ0) is 13.8. The minimum Gasteiger partial charge on any atom is -0.482 e. The van der Waals surface area contributed by atoms with E-state index in [0.717, 1.165) is 0 Å². The van der Waals surface area contributed by atoms with Gasteiger partial charge >= 0.3 is 0 Å². The average Bonchev–Trinajstić information content (AvgIpc) is 2.86. The van der Waals surface area contributed by atoms with Gasteiger partial charge in [0.05, 0.1) is 6.61 Å². The summed E-state index contributed by atoms with van der Waals surface area (Å²) in [4.78, 5) is 4.12. The number of aromatic nitrogens is 2. The Balaban J connectivity index is 2.01. The van der Waals surface area contributed by atoms with Gasteiger partial charge in [0.2, 0.25) is 11.7 Å². The highest BCUT2D eigenvalue weighted by molar-refractivity contribution is 5.29. The molecule has 0 radical (unpaired) electrons. The van der Waals surface area contributed by atoms with Crippen molar-refractivity contribution in [1.82, 2.24) is 10.1 Å². The molecule has 2 rings (SSSR count). The normalized spacial score (nSPS) is 11.0. The maximum Gasteiger partial charge on any atom is 0.229 e. The van der Waals surface area contributed by atoms with Gasteiger partial charge in [0.25, 0.3) is 0 Å². The molecule has 1 aromatic heterocycles. The maximum absolute atomic E-state index is 13.6. The zero-order valence-electron chi connectivity index (χ0n) is 10.8. The van der Waals surface area contributed by atoms with Gasteiger partial charge in [-0.05, 0) is 17.7 Å². The molecule has 1 heterocycles. The number of nitrogens with zero attached hydrogens (tertiary/aromatic N) is 2. The number of aliphatic hydroxyl groups excluding tert-OH is 1. The fraction of sp³-hybridized carbons (Fsp3) is 0.385. The molecule has 0 bridgehead atoms. The van der Waals surface area contributed by atoms with Gasteiger partial charge in [-0.2, -0.15) is 4.98 Å². The predicted molar refractivity (Wildman–Crippen MR) is 65.0 cm³/mol. The van der Waals surface area contributed by atoms with Crippen LogP contribution in [-0.2, 0) is 13.2 Å². The quantitative estimate of drug-likeness (QED) is 0.900. The lowest BCUT2D eigenvalue weighted by atomic mass is 10.2. The summed E-state index contributed by atoms with van der Waals surface area (Å²) in [5.41, 5.74) is 0.492. The second kappa shape index (κ2) is 5.79. The summed E-state index contributed by atoms with van der Waals surface area (Å²) in [7, 11) is 0. The smallest absolute Gasteiger partial charge is 0.229 e. The van der Waals surface area contributed by atoms with E-state index < -0.39 is 5.82 Å². The molecule has 0 aliphatic rings. The number of hydrogen-bond donors (Lipinski definition) is 1. The molecule has 0 spiro atoms. The highest BCUT2D eigenvalue weighted by Gasteiger charge is 2.11. The summed E-state index contributed by atoms with van der Waals surface area (Å²) in [6.45, 7) is 3.70. The molecular weight excluding hydrogens is 251 g/mol. The van der Waals surface area contributed by atoms with Gasteiger partial charge in [0, 0.05) is 5.92 Å². The number of ether oxygens (including phenoxy) is 1. The second-order valence-corrected chi connectivity index (χ2v) is 4.42. The van der Waals surface area contributed by atoms with Crippen LogP contribution in [0.4, 0.5) is 4.39 Å². The molecule has 102 valence electrons. The molecule has 1 N–H and O–H groups in total. The zero-order valence-corrected chi connectivity index (χ0v) is 10.8. The summed E-state index contributed by atoms with van der Waals surface area (Å²) >= 11 is 0. The van der Waals surface area contributed by atoms with E-state index in [-0.39, 0.29) is 24.9 Å². The van der Waals surface area contributed by atoms with Crippen LogP contribution >= 0.6 is 0 Å². The van der Waals surface area contributed by atoms with Crippen molar-refractivity contribution in [2.45, 2.75) is 33.0 Å². The summed E-state index contributed by atoms with van der Waals surface area (Å²) in [6.07, 6.45) is 0. The van der Waals surface area contributed by atoms with Gasteiger partial charge in [-0.3, -0.25) is 0 Å². The summed E-state index contributed by atoms with van der Waals surface area (Å²) in [5, 5.41) is 12.6. The molecule has 6 heteroatoms. The summed E-state index contributed by atoms with van der Waals surface area (Å²) in [5.74, 6) is 0.595. The summed E-state index contributed by atoms with van der Waals surface area (Å²) < 4.78 is 23.9. The van der Waals surface area contributed by atoms with Gasteiger partial charge in [-0.1, -0.05) is 25.1 Å². The van der Waals surface area contributed by atoms with Gasteiger partial charge < -0.3 is 14.4 Å². The Morgan fingerprint density at radius 1 is 1.42 bits per heavy atom. The average molecular weight is 266 g/mol. The number of benzene rings is 1. The molecule has 0 amide bonds. The van der Waals surface area contributed by atoms with Crippen molar-refractivity contribution in [3.8, 4) is 5.75 Å². The van der Waals surface area contributed by atoms with Crippen molar-refractivity contribution in [3.05, 3.63) is 41.3 Å². The Morgan fingerprint density at radius 2 is 2.21 bits per heavy atom. The minimum atomic E-state index is -0.529. The predicted octanol–water partition coefficient (Wildman–Crippen LogP) is 2.40. The number of aliphatic hydroxyl groups is 1. The Hall–Kier alpha value is -1.95. The molecule has 0 saturated carbocycles. The molecule has 0 fully saturated rings. The molecule has 5 nitrogen and oxygen atoms in total. The molecule has 0 atom stereocenters. The second-order valence-electron chi connectivity index (χ2n) is 4.42. The third-order valence-corrected chi connectivity index (χ3v) is 2.51. The van der Waals surface area contributed by atoms with Crippen LogP contribution in [0.1, 0.15) is 37.0 Å². The van der Waals surface area contributed by atoms with E-state index >= 15 is 0 Å². The molecular formula is C13H15FN2O3. The van der Waals surface area contributed by atoms with Crippen LogP contribution in [0.3, 0.4) is 0 Å². The Bertz CT molecular complexity index is 555. The van der Waals surface area contributed by atoms with E-state index in [1.807, 2.05) is 13.8 Å². The van der Waals surface area contributed by atoms with E-state index in [4.69, 9.17) is 14.4 Å². The van der Waals surface area contributed by atoms with E-state index in [0.29, 0.717) is 17.3 Å². The fourth-order valence-corrected chi connectivity index (χ4v) is 1.46. The van der Waals surface area contributed by atoms with Crippen molar-refractivity contribution in [1.29, 1.82) is 0 Å². The van der Waals surface area contributed by atoms with Crippen LogP contribution < -0.4 is 4.74 Å². The third-order valence-electron chi connectivity index (χ3n) is 2.51. The van der Waals surface area contributed by atoms with Gasteiger partial charge in [0.1, 0.15) is 0 Å². The van der Waals surface area contributed by atoms with Crippen molar-refractivity contribution in [2.24, 2.45) is 0 Å². The standard InChI is InChI=1S/C13H15FN2O3/c1-8(2)13-15-12(16-19-13)7-18-11-4-3-9(6-17)5-10(11)14/h3-5,8,17H,6-7H2,1-2H3. The van der Waals surface area contributed by atoms with Crippen molar-refractivity contribution in [2.75, 3.05) is 0 Å². The van der Waals surface area contributed by atoms with E-state index in [2.05, 4.69) is 10.1 Å². The van der Waals surface area contributed by atoms with Crippen LogP contribution in [0.2, 0.25) is 0 Å². The first-order valence-corrected chi connectivity index (χ1v) is 5.94. The first kappa shape index (κ1) is 13.5. The van der Waals surface area contributed by atoms with Crippen LogP contribution in [0.5, 0.6) is 5.75 Å². The minimum absolute atomic E-state index is 0.0333. The monoisotopic (exact) mass is 266 g/mol. The summed E-state index contributed by atoms with van der Waals surface area (Å²) in [6, 6.07) is 4.28. The highest BCUT2D eigenvalue weighted by Crippen LogP contribution is 2.19. The molecule has 0 saturated heterocycles. The molecule has 2 aromatic rings. The Kier molecular flexibility index (Phi) is 4.11. The van der Waals surface area contributed by atoms with Crippen molar-refractivity contribution < 1.29 is 18.8 Å². The van der Waals surface area contributed by atoms with Gasteiger partial charge in [-0.25, -0.2) is 4.39 Å². The Morgan fingerprint density at radius 3 is 2.79 bits per heavy atom. The van der Waals surface area contributed by atoms with Gasteiger partial charge in [0.15, 0.2) is 18.2 Å². The largest absolute Gasteiger partial charge is 0.482 e. The number of rotatable bonds is 5. The molecule has 1 aromatic carbocycles. The highest BCUT2D eigenvalue weighted by atomic mass is 19.1. The first-order chi connectivity index (χ1) is 9.10. The lowest BCUT2D eigenvalue weighted by Crippen LogP contribution is -2.00. The van der Waals surface area contributed by atoms with Crippen LogP contribution in [0, 0.1) is 5.82 Å². The SMILES string of the molecule is CC(C)c1nc(COc2ccc(CO)cc2F)no1. The van der Waals surface area contributed by atoms with E-state index in [1.54, 1.807) is 6.07 Å². The molecule has 19 heavy (non-hydrogen) atoms. The van der Waals surface area contributed by atoms with Crippen LogP contribution in [0.15, 0.2) is 22.7 Å². The topological polar surface area (TPSA) is 68.4 Å². The lowest BCUT2D eigenvalue weighted by Gasteiger charge is -2.05. The first-order valence-electron chi connectivity index (χ1n) is 5.94. The van der Waals surface area contributed by atoms with Crippen molar-refractivity contribution >= 4 is 0 Å². The maximum atomic E-state index is 13.6. The fourth-order valence-electron chi connectivity index (χ4n) is 1.46. The number of hydrogen-bond acceptors (Lipinski definition) is 5. The van der Waals surface area contributed by atoms with Gasteiger partial charge in [-0.15, -0.1) is 0 Å². The van der Waals surface area contributed by atoms with Crippen molar-refractivity contribution in [3.63, 3.8) is 0 Å². The molecule has 0 aliphatic heterocycles. The van der Waals surface area contributed by atoms with Crippen LogP contribution in [-0.4, -0.2) is 15.2 Å². The number of halogens is 1. The lowest BCUT2D eigenvalue weighted by molar-refractivity contribution is 0.268. The molecule has 0 aliphatic carbocycles. The molecule has 0 unspecified atom stereocenters. The third kappa shape index (κ3) is 3.29. The Labute approximate surface area is 110 Å². The van der Waals surface area contributed by atoms with Crippen LogP contribution in [0.25, 0.3) is 0 Å². The van der Waals surface area contributed by atoms with E-state index in [1.165, 1.54) is 12.1 Å². The van der Waals surface area contributed by atoms with E-state index in [9.17, 15) is 4.39 Å².